The number of nitrogen functional groups attached to an aromatic ring is 1. The predicted octanol–water partition coefficient (Wildman–Crippen LogP) is 1.13. The van der Waals surface area contributed by atoms with Crippen molar-refractivity contribution in [2.75, 3.05) is 5.73 Å². The van der Waals surface area contributed by atoms with E-state index in [0.717, 1.165) is 5.69 Å². The maximum atomic E-state index is 12.1. The number of anilines is 1. The van der Waals surface area contributed by atoms with Crippen molar-refractivity contribution in [1.82, 2.24) is 25.3 Å². The third kappa shape index (κ3) is 2.98. The van der Waals surface area contributed by atoms with Crippen molar-refractivity contribution in [1.29, 1.82) is 0 Å². The lowest BCUT2D eigenvalue weighted by atomic mass is 10.1. The van der Waals surface area contributed by atoms with Crippen molar-refractivity contribution in [3.8, 4) is 0 Å². The number of aromatic nitrogens is 4. The van der Waals surface area contributed by atoms with Crippen LogP contribution in [-0.2, 0) is 6.54 Å². The van der Waals surface area contributed by atoms with Gasteiger partial charge < -0.3 is 11.1 Å². The van der Waals surface area contributed by atoms with Crippen molar-refractivity contribution in [2.24, 2.45) is 0 Å². The van der Waals surface area contributed by atoms with Gasteiger partial charge >= 0.3 is 0 Å². The predicted molar refractivity (Wildman–Crippen MR) is 76.2 cm³/mol. The molecule has 1 unspecified atom stereocenters. The lowest BCUT2D eigenvalue weighted by molar-refractivity contribution is 0.0932. The molecule has 2 rings (SSSR count). The first-order chi connectivity index (χ1) is 9.49. The number of rotatable bonds is 5. The molecule has 0 aliphatic carbocycles. The Morgan fingerprint density at radius 2 is 2.25 bits per heavy atom. The van der Waals surface area contributed by atoms with Gasteiger partial charge in [0.1, 0.15) is 0 Å². The molecule has 2 aromatic rings. The molecular weight excluding hydrogens is 256 g/mol. The molecule has 0 radical (unpaired) electrons. The number of aromatic amines is 1. The van der Waals surface area contributed by atoms with E-state index in [0.29, 0.717) is 12.2 Å². The molecule has 0 aromatic carbocycles. The molecule has 0 saturated carbocycles. The summed E-state index contributed by atoms with van der Waals surface area (Å²) in [6.07, 6.45) is 3.55. The maximum Gasteiger partial charge on any atom is 0.274 e. The van der Waals surface area contributed by atoms with Gasteiger partial charge in [-0.15, -0.1) is 0 Å². The molecule has 0 saturated heterocycles. The van der Waals surface area contributed by atoms with Crippen LogP contribution in [0.15, 0.2) is 18.5 Å². The monoisotopic (exact) mass is 276 g/mol. The smallest absolute Gasteiger partial charge is 0.274 e. The molecule has 2 aromatic heterocycles. The Labute approximate surface area is 117 Å². The molecule has 0 spiro atoms. The highest BCUT2D eigenvalue weighted by Crippen LogP contribution is 2.21. The summed E-state index contributed by atoms with van der Waals surface area (Å²) in [5.41, 5.74) is 7.40. The van der Waals surface area contributed by atoms with Gasteiger partial charge in [-0.25, -0.2) is 0 Å². The minimum Gasteiger partial charge on any atom is -0.395 e. The van der Waals surface area contributed by atoms with Gasteiger partial charge in [-0.2, -0.15) is 10.2 Å². The van der Waals surface area contributed by atoms with Crippen molar-refractivity contribution >= 4 is 11.6 Å². The van der Waals surface area contributed by atoms with Gasteiger partial charge in [0.25, 0.3) is 5.91 Å². The van der Waals surface area contributed by atoms with Crippen LogP contribution in [-0.4, -0.2) is 31.9 Å². The Kier molecular flexibility index (Phi) is 4.07. The highest BCUT2D eigenvalue weighted by Gasteiger charge is 2.20. The SMILES string of the molecule is CC(Cn1cccn1)NC(=O)c1n[nH]c(C(C)C)c1N. The van der Waals surface area contributed by atoms with Gasteiger partial charge in [0.05, 0.1) is 17.9 Å². The highest BCUT2D eigenvalue weighted by molar-refractivity contribution is 5.97. The van der Waals surface area contributed by atoms with Gasteiger partial charge in [-0.05, 0) is 18.9 Å². The van der Waals surface area contributed by atoms with Crippen LogP contribution < -0.4 is 11.1 Å². The Hall–Kier alpha value is -2.31. The first-order valence-electron chi connectivity index (χ1n) is 6.61. The third-order valence-corrected chi connectivity index (χ3v) is 3.02. The summed E-state index contributed by atoms with van der Waals surface area (Å²) in [7, 11) is 0. The average Bonchev–Trinajstić information content (AvgIpc) is 2.97. The lowest BCUT2D eigenvalue weighted by Crippen LogP contribution is -2.36. The van der Waals surface area contributed by atoms with Crippen molar-refractivity contribution in [3.05, 3.63) is 29.8 Å². The normalized spacial score (nSPS) is 12.6. The van der Waals surface area contributed by atoms with E-state index in [4.69, 9.17) is 5.73 Å². The number of hydrogen-bond donors (Lipinski definition) is 3. The van der Waals surface area contributed by atoms with Crippen LogP contribution in [0.2, 0.25) is 0 Å². The fraction of sp³-hybridized carbons (Fsp3) is 0.462. The summed E-state index contributed by atoms with van der Waals surface area (Å²) < 4.78 is 1.76. The van der Waals surface area contributed by atoms with E-state index in [-0.39, 0.29) is 23.6 Å². The maximum absolute atomic E-state index is 12.1. The molecular formula is C13H20N6O. The largest absolute Gasteiger partial charge is 0.395 e. The van der Waals surface area contributed by atoms with E-state index in [1.165, 1.54) is 0 Å². The van der Waals surface area contributed by atoms with Crippen LogP contribution >= 0.6 is 0 Å². The second-order valence-electron chi connectivity index (χ2n) is 5.16. The zero-order valence-electron chi connectivity index (χ0n) is 11.9. The fourth-order valence-corrected chi connectivity index (χ4v) is 2.00. The summed E-state index contributed by atoms with van der Waals surface area (Å²) in [4.78, 5) is 12.1. The first-order valence-corrected chi connectivity index (χ1v) is 6.61. The molecule has 108 valence electrons. The van der Waals surface area contributed by atoms with Crippen molar-refractivity contribution in [2.45, 2.75) is 39.3 Å². The number of carbonyl (C=O) groups excluding carboxylic acids is 1. The quantitative estimate of drug-likeness (QED) is 0.761. The number of amides is 1. The van der Waals surface area contributed by atoms with Crippen LogP contribution in [0.1, 0.15) is 42.9 Å². The van der Waals surface area contributed by atoms with Crippen LogP contribution in [0.25, 0.3) is 0 Å². The molecule has 2 heterocycles. The first kappa shape index (κ1) is 14.1. The second-order valence-corrected chi connectivity index (χ2v) is 5.16. The average molecular weight is 276 g/mol. The third-order valence-electron chi connectivity index (χ3n) is 3.02. The van der Waals surface area contributed by atoms with E-state index in [2.05, 4.69) is 20.6 Å². The summed E-state index contributed by atoms with van der Waals surface area (Å²) >= 11 is 0. The second kappa shape index (κ2) is 5.77. The van der Waals surface area contributed by atoms with Crippen LogP contribution in [0.3, 0.4) is 0 Å². The van der Waals surface area contributed by atoms with E-state index < -0.39 is 0 Å². The molecule has 0 aliphatic rings. The minimum atomic E-state index is -0.273. The topological polar surface area (TPSA) is 102 Å². The minimum absolute atomic E-state index is 0.0685. The van der Waals surface area contributed by atoms with E-state index in [1.807, 2.05) is 33.0 Å². The number of hydrogen-bond acceptors (Lipinski definition) is 4. The van der Waals surface area contributed by atoms with Gasteiger partial charge in [-0.1, -0.05) is 13.8 Å². The van der Waals surface area contributed by atoms with Crippen molar-refractivity contribution in [3.63, 3.8) is 0 Å². The lowest BCUT2D eigenvalue weighted by Gasteiger charge is -2.13. The molecule has 7 heteroatoms. The summed E-state index contributed by atoms with van der Waals surface area (Å²) in [5.74, 6) is -0.0733. The van der Waals surface area contributed by atoms with E-state index in [9.17, 15) is 4.79 Å². The zero-order chi connectivity index (χ0) is 14.7. The molecule has 4 N–H and O–H groups in total. The number of carbonyl (C=O) groups is 1. The van der Waals surface area contributed by atoms with Gasteiger partial charge in [0.15, 0.2) is 5.69 Å². The zero-order valence-corrected chi connectivity index (χ0v) is 11.9. The van der Waals surface area contributed by atoms with E-state index in [1.54, 1.807) is 10.9 Å². The van der Waals surface area contributed by atoms with Crippen LogP contribution in [0.4, 0.5) is 5.69 Å². The number of nitrogens with zero attached hydrogens (tertiary/aromatic N) is 3. The summed E-state index contributed by atoms with van der Waals surface area (Å²) in [6.45, 7) is 6.49. The van der Waals surface area contributed by atoms with Crippen molar-refractivity contribution < 1.29 is 4.79 Å². The van der Waals surface area contributed by atoms with E-state index >= 15 is 0 Å². The Balaban J connectivity index is 2.01. The van der Waals surface area contributed by atoms with Gasteiger partial charge in [0.2, 0.25) is 0 Å². The number of nitrogens with two attached hydrogens (primary N) is 1. The Morgan fingerprint density at radius 1 is 1.50 bits per heavy atom. The van der Waals surface area contributed by atoms with Gasteiger partial charge in [0, 0.05) is 18.4 Å². The molecule has 20 heavy (non-hydrogen) atoms. The highest BCUT2D eigenvalue weighted by atomic mass is 16.2. The molecule has 0 bridgehead atoms. The molecule has 1 atom stereocenters. The molecule has 0 aliphatic heterocycles. The van der Waals surface area contributed by atoms with Crippen LogP contribution in [0.5, 0.6) is 0 Å². The standard InChI is InChI=1S/C13H20N6O/c1-8(2)11-10(14)12(18-17-11)13(20)16-9(3)7-19-6-4-5-15-19/h4-6,8-9H,7,14H2,1-3H3,(H,16,20)(H,17,18). The molecule has 0 fully saturated rings. The van der Waals surface area contributed by atoms with Gasteiger partial charge in [-0.3, -0.25) is 14.6 Å². The summed E-state index contributed by atoms with van der Waals surface area (Å²) in [5, 5.41) is 13.8. The molecule has 7 nitrogen and oxygen atoms in total. The molecule has 1 amide bonds. The fourth-order valence-electron chi connectivity index (χ4n) is 2.00. The Bertz CT molecular complexity index is 572. The Morgan fingerprint density at radius 3 is 2.80 bits per heavy atom. The number of H-pyrrole nitrogens is 1. The number of nitrogens with one attached hydrogen (secondary N) is 2. The van der Waals surface area contributed by atoms with Crippen LogP contribution in [0, 0.1) is 0 Å². The summed E-state index contributed by atoms with van der Waals surface area (Å²) in [6, 6.07) is 1.77.